The van der Waals surface area contributed by atoms with Gasteiger partial charge in [0, 0.05) is 10.9 Å². The molecular formula is C13H23NS. The molecule has 1 nitrogen and oxygen atoms in total. The third-order valence-corrected chi connectivity index (χ3v) is 3.86. The molecule has 2 unspecified atom stereocenters. The Bertz CT molecular complexity index is 290. The minimum absolute atomic E-state index is 0.587. The van der Waals surface area contributed by atoms with Crippen molar-refractivity contribution in [3.05, 3.63) is 21.9 Å². The summed E-state index contributed by atoms with van der Waals surface area (Å²) in [7, 11) is 0. The maximum Gasteiger partial charge on any atom is 0.00171 e. The van der Waals surface area contributed by atoms with E-state index in [0.717, 1.165) is 6.54 Å². The van der Waals surface area contributed by atoms with E-state index in [-0.39, 0.29) is 0 Å². The Morgan fingerprint density at radius 3 is 2.40 bits per heavy atom. The highest BCUT2D eigenvalue weighted by Gasteiger charge is 2.15. The third kappa shape index (κ3) is 3.96. The second-order valence-electron chi connectivity index (χ2n) is 4.82. The lowest BCUT2D eigenvalue weighted by molar-refractivity contribution is 0.427. The molecule has 1 rings (SSSR count). The average molecular weight is 225 g/mol. The minimum Gasteiger partial charge on any atom is -0.314 e. The van der Waals surface area contributed by atoms with Gasteiger partial charge in [-0.25, -0.2) is 0 Å². The molecule has 0 bridgehead atoms. The summed E-state index contributed by atoms with van der Waals surface area (Å²) in [6, 6.07) is 2.91. The number of nitrogens with one attached hydrogen (secondary N) is 1. The van der Waals surface area contributed by atoms with E-state index in [4.69, 9.17) is 0 Å². The van der Waals surface area contributed by atoms with Crippen LogP contribution in [0.25, 0.3) is 0 Å². The molecule has 1 aromatic rings. The van der Waals surface area contributed by atoms with Gasteiger partial charge >= 0.3 is 0 Å². The van der Waals surface area contributed by atoms with Crippen molar-refractivity contribution in [3.63, 3.8) is 0 Å². The van der Waals surface area contributed by atoms with Crippen molar-refractivity contribution in [2.45, 2.75) is 46.6 Å². The number of hydrogen-bond acceptors (Lipinski definition) is 2. The first-order valence-electron chi connectivity index (χ1n) is 5.79. The normalized spacial score (nSPS) is 15.6. The average Bonchev–Trinajstić information content (AvgIpc) is 2.60. The zero-order chi connectivity index (χ0) is 11.4. The van der Waals surface area contributed by atoms with Crippen LogP contribution in [-0.4, -0.2) is 12.6 Å². The Morgan fingerprint density at radius 2 is 1.93 bits per heavy atom. The van der Waals surface area contributed by atoms with E-state index >= 15 is 0 Å². The van der Waals surface area contributed by atoms with Crippen LogP contribution in [0.1, 0.15) is 44.1 Å². The number of hydrogen-bond donors (Lipinski definition) is 1. The molecule has 86 valence electrons. The minimum atomic E-state index is 0.587. The van der Waals surface area contributed by atoms with E-state index in [9.17, 15) is 0 Å². The van der Waals surface area contributed by atoms with E-state index in [2.05, 4.69) is 51.4 Å². The molecule has 0 radical (unpaired) electrons. The maximum atomic E-state index is 3.51. The fourth-order valence-corrected chi connectivity index (χ4v) is 2.44. The SMILES string of the molecule is Cc1cc(C(C)C(C)CNC(C)C)cs1. The quantitative estimate of drug-likeness (QED) is 0.804. The molecule has 0 aromatic carbocycles. The molecule has 0 fully saturated rings. The maximum absolute atomic E-state index is 3.51. The standard InChI is InChI=1S/C13H23NS/c1-9(2)14-7-10(3)12(5)13-6-11(4)15-8-13/h6,8-10,12,14H,7H2,1-5H3. The van der Waals surface area contributed by atoms with Crippen LogP contribution in [-0.2, 0) is 0 Å². The largest absolute Gasteiger partial charge is 0.314 e. The Hall–Kier alpha value is -0.340. The Balaban J connectivity index is 2.49. The van der Waals surface area contributed by atoms with E-state index in [1.807, 2.05) is 11.3 Å². The van der Waals surface area contributed by atoms with E-state index in [1.165, 1.54) is 10.4 Å². The second kappa shape index (κ2) is 5.66. The summed E-state index contributed by atoms with van der Waals surface area (Å²) in [6.07, 6.45) is 0. The second-order valence-corrected chi connectivity index (χ2v) is 5.93. The summed E-state index contributed by atoms with van der Waals surface area (Å²) >= 11 is 1.85. The zero-order valence-corrected chi connectivity index (χ0v) is 11.3. The lowest BCUT2D eigenvalue weighted by Crippen LogP contribution is -2.29. The van der Waals surface area contributed by atoms with Crippen molar-refractivity contribution in [1.82, 2.24) is 5.32 Å². The van der Waals surface area contributed by atoms with Gasteiger partial charge in [0.25, 0.3) is 0 Å². The number of rotatable bonds is 5. The monoisotopic (exact) mass is 225 g/mol. The Kier molecular flexibility index (Phi) is 4.81. The zero-order valence-electron chi connectivity index (χ0n) is 10.5. The van der Waals surface area contributed by atoms with Gasteiger partial charge in [0.05, 0.1) is 0 Å². The van der Waals surface area contributed by atoms with Crippen LogP contribution in [0.5, 0.6) is 0 Å². The summed E-state index contributed by atoms with van der Waals surface area (Å²) < 4.78 is 0. The highest BCUT2D eigenvalue weighted by atomic mass is 32.1. The van der Waals surface area contributed by atoms with E-state index in [0.29, 0.717) is 17.9 Å². The van der Waals surface area contributed by atoms with Crippen molar-refractivity contribution in [3.8, 4) is 0 Å². The molecule has 0 saturated carbocycles. The predicted molar refractivity (Wildman–Crippen MR) is 69.8 cm³/mol. The molecule has 2 atom stereocenters. The molecule has 0 amide bonds. The Morgan fingerprint density at radius 1 is 1.27 bits per heavy atom. The fraction of sp³-hybridized carbons (Fsp3) is 0.692. The van der Waals surface area contributed by atoms with Gasteiger partial charge in [-0.05, 0) is 42.3 Å². The first-order valence-corrected chi connectivity index (χ1v) is 6.67. The summed E-state index contributed by atoms with van der Waals surface area (Å²) in [5, 5.41) is 5.80. The highest BCUT2D eigenvalue weighted by Crippen LogP contribution is 2.27. The van der Waals surface area contributed by atoms with Gasteiger partial charge in [-0.2, -0.15) is 0 Å². The molecule has 1 aromatic heterocycles. The van der Waals surface area contributed by atoms with Gasteiger partial charge in [-0.1, -0.05) is 27.7 Å². The van der Waals surface area contributed by atoms with Crippen molar-refractivity contribution in [2.24, 2.45) is 5.92 Å². The fourth-order valence-electron chi connectivity index (χ4n) is 1.63. The number of aryl methyl sites for hydroxylation is 1. The molecule has 0 aliphatic heterocycles. The van der Waals surface area contributed by atoms with Crippen LogP contribution < -0.4 is 5.32 Å². The molecule has 0 aliphatic rings. The van der Waals surface area contributed by atoms with Gasteiger partial charge in [0.15, 0.2) is 0 Å². The summed E-state index contributed by atoms with van der Waals surface area (Å²) in [5.74, 6) is 1.35. The van der Waals surface area contributed by atoms with Gasteiger partial charge < -0.3 is 5.32 Å². The predicted octanol–water partition coefficient (Wildman–Crippen LogP) is 3.79. The van der Waals surface area contributed by atoms with Crippen LogP contribution in [0.4, 0.5) is 0 Å². The van der Waals surface area contributed by atoms with Gasteiger partial charge in [-0.15, -0.1) is 11.3 Å². The first-order chi connectivity index (χ1) is 7.00. The van der Waals surface area contributed by atoms with Crippen LogP contribution in [0.3, 0.4) is 0 Å². The van der Waals surface area contributed by atoms with Crippen molar-refractivity contribution in [1.29, 1.82) is 0 Å². The smallest absolute Gasteiger partial charge is 0.00171 e. The third-order valence-electron chi connectivity index (χ3n) is 2.98. The summed E-state index contributed by atoms with van der Waals surface area (Å²) in [6.45, 7) is 12.3. The topological polar surface area (TPSA) is 12.0 Å². The van der Waals surface area contributed by atoms with Crippen molar-refractivity contribution >= 4 is 11.3 Å². The molecule has 0 spiro atoms. The number of thiophene rings is 1. The van der Waals surface area contributed by atoms with Crippen LogP contribution in [0.15, 0.2) is 11.4 Å². The first kappa shape index (κ1) is 12.7. The molecule has 1 N–H and O–H groups in total. The van der Waals surface area contributed by atoms with Crippen molar-refractivity contribution in [2.75, 3.05) is 6.54 Å². The van der Waals surface area contributed by atoms with E-state index < -0.39 is 0 Å². The van der Waals surface area contributed by atoms with Crippen molar-refractivity contribution < 1.29 is 0 Å². The highest BCUT2D eigenvalue weighted by molar-refractivity contribution is 7.10. The lowest BCUT2D eigenvalue weighted by atomic mass is 9.90. The molecule has 0 aliphatic carbocycles. The molecule has 15 heavy (non-hydrogen) atoms. The molecule has 2 heteroatoms. The van der Waals surface area contributed by atoms with Gasteiger partial charge in [-0.3, -0.25) is 0 Å². The molecule has 1 heterocycles. The van der Waals surface area contributed by atoms with Crippen LogP contribution in [0.2, 0.25) is 0 Å². The molecule has 0 saturated heterocycles. The summed E-state index contributed by atoms with van der Waals surface area (Å²) in [4.78, 5) is 1.42. The Labute approximate surface area is 97.9 Å². The lowest BCUT2D eigenvalue weighted by Gasteiger charge is -2.21. The molecular weight excluding hydrogens is 202 g/mol. The van der Waals surface area contributed by atoms with Gasteiger partial charge in [0.1, 0.15) is 0 Å². The van der Waals surface area contributed by atoms with E-state index in [1.54, 1.807) is 0 Å². The summed E-state index contributed by atoms with van der Waals surface area (Å²) in [5.41, 5.74) is 1.50. The van der Waals surface area contributed by atoms with Crippen LogP contribution >= 0.6 is 11.3 Å². The van der Waals surface area contributed by atoms with Crippen LogP contribution in [0, 0.1) is 12.8 Å². The van der Waals surface area contributed by atoms with Gasteiger partial charge in [0.2, 0.25) is 0 Å².